The van der Waals surface area contributed by atoms with Crippen LogP contribution < -0.4 is 0 Å². The van der Waals surface area contributed by atoms with E-state index in [1.165, 1.54) is 51.4 Å². The second-order valence-electron chi connectivity index (χ2n) is 11.2. The highest BCUT2D eigenvalue weighted by Crippen LogP contribution is 2.04. The number of ether oxygens (including phenoxy) is 2. The molecule has 0 amide bonds. The molecule has 0 saturated carbocycles. The van der Waals surface area contributed by atoms with Crippen molar-refractivity contribution in [2.45, 2.75) is 141 Å². The predicted octanol–water partition coefficient (Wildman–Crippen LogP) is 11.2. The molecule has 0 aromatic heterocycles. The van der Waals surface area contributed by atoms with E-state index < -0.39 is 0 Å². The van der Waals surface area contributed by atoms with Crippen LogP contribution in [0.4, 0.5) is 0 Å². The maximum atomic E-state index is 4.89. The molecule has 0 bridgehead atoms. The molecule has 0 radical (unpaired) electrons. The molecule has 0 aromatic carbocycles. The normalized spacial score (nSPS) is 10.5. The van der Waals surface area contributed by atoms with E-state index in [1.54, 1.807) is 14.2 Å². The van der Waals surface area contributed by atoms with Gasteiger partial charge in [0.1, 0.15) is 0 Å². The summed E-state index contributed by atoms with van der Waals surface area (Å²) in [6, 6.07) is 0. The molecule has 0 N–H and O–H groups in total. The standard InChI is InChI=1S/C7H16O.C7H16.C6H14O.C6H14.C6H12/c1-7(2)5-4-6-8-3;1-4-5-6-7(2)3;1-6(2)4-5-7-3;2*1-4-5-6(2)3/h7H,4-6H2,1-3H3;7H,4-6H2,1-3H3;6H,4-5H2,1-3H3;6H,4-5H2,1-3H3;4-6H,1-3H3/b;;;;5-4+. The van der Waals surface area contributed by atoms with Crippen molar-refractivity contribution in [3.8, 4) is 0 Å². The summed E-state index contributed by atoms with van der Waals surface area (Å²) in [5.74, 6) is 4.12. The molecular formula is C32H72O2. The van der Waals surface area contributed by atoms with Crippen LogP contribution in [-0.4, -0.2) is 27.4 Å². The largest absolute Gasteiger partial charge is 0.385 e. The third-order valence-corrected chi connectivity index (χ3v) is 4.61. The molecule has 0 unspecified atom stereocenters. The fraction of sp³-hybridized carbons (Fsp3) is 0.938. The maximum absolute atomic E-state index is 4.89. The summed E-state index contributed by atoms with van der Waals surface area (Å²) in [7, 11) is 3.49. The highest BCUT2D eigenvalue weighted by Gasteiger charge is 1.91. The van der Waals surface area contributed by atoms with Gasteiger partial charge < -0.3 is 9.47 Å². The average molecular weight is 489 g/mol. The van der Waals surface area contributed by atoms with Crippen LogP contribution in [0.5, 0.6) is 0 Å². The molecule has 34 heavy (non-hydrogen) atoms. The second-order valence-corrected chi connectivity index (χ2v) is 11.2. The first-order valence-corrected chi connectivity index (χ1v) is 14.5. The molecule has 2 heteroatoms. The molecule has 0 spiro atoms. The molecule has 0 fully saturated rings. The summed E-state index contributed by atoms with van der Waals surface area (Å²) in [6.45, 7) is 30.6. The van der Waals surface area contributed by atoms with Gasteiger partial charge in [-0.1, -0.05) is 127 Å². The van der Waals surface area contributed by atoms with Crippen LogP contribution >= 0.6 is 0 Å². The van der Waals surface area contributed by atoms with Crippen LogP contribution in [0, 0.1) is 29.6 Å². The third-order valence-electron chi connectivity index (χ3n) is 4.61. The molecular weight excluding hydrogens is 416 g/mol. The summed E-state index contributed by atoms with van der Waals surface area (Å²) >= 11 is 0. The number of hydrogen-bond donors (Lipinski definition) is 0. The molecule has 0 heterocycles. The summed E-state index contributed by atoms with van der Waals surface area (Å²) in [4.78, 5) is 0. The highest BCUT2D eigenvalue weighted by molar-refractivity contribution is 4.79. The molecule has 212 valence electrons. The quantitative estimate of drug-likeness (QED) is 0.189. The Balaban J connectivity index is -0.000000104. The number of allylic oxidation sites excluding steroid dienone is 2. The zero-order valence-corrected chi connectivity index (χ0v) is 26.9. The fourth-order valence-electron chi connectivity index (χ4n) is 2.56. The van der Waals surface area contributed by atoms with Gasteiger partial charge in [-0.05, 0) is 55.8 Å². The summed E-state index contributed by atoms with van der Waals surface area (Å²) in [5.41, 5.74) is 0. The van der Waals surface area contributed by atoms with E-state index in [4.69, 9.17) is 9.47 Å². The van der Waals surface area contributed by atoms with E-state index in [2.05, 4.69) is 95.2 Å². The van der Waals surface area contributed by atoms with Crippen LogP contribution in [0.2, 0.25) is 0 Å². The first-order valence-electron chi connectivity index (χ1n) is 14.5. The van der Waals surface area contributed by atoms with E-state index >= 15 is 0 Å². The van der Waals surface area contributed by atoms with Gasteiger partial charge in [-0.15, -0.1) is 0 Å². The summed E-state index contributed by atoms with van der Waals surface area (Å²) < 4.78 is 9.74. The highest BCUT2D eigenvalue weighted by atomic mass is 16.5. The Labute approximate surface area is 220 Å². The number of unbranched alkanes of at least 4 members (excludes halogenated alkanes) is 1. The molecule has 0 aromatic rings. The molecule has 0 atom stereocenters. The first kappa shape index (κ1) is 43.7. The van der Waals surface area contributed by atoms with Crippen LogP contribution in [-0.2, 0) is 9.47 Å². The average Bonchev–Trinajstić information content (AvgIpc) is 2.72. The lowest BCUT2D eigenvalue weighted by Gasteiger charge is -2.01. The van der Waals surface area contributed by atoms with Crippen LogP contribution in [0.25, 0.3) is 0 Å². The van der Waals surface area contributed by atoms with Gasteiger partial charge >= 0.3 is 0 Å². The van der Waals surface area contributed by atoms with E-state index in [-0.39, 0.29) is 0 Å². The van der Waals surface area contributed by atoms with Crippen molar-refractivity contribution in [1.29, 1.82) is 0 Å². The van der Waals surface area contributed by atoms with Crippen molar-refractivity contribution in [3.05, 3.63) is 12.2 Å². The summed E-state index contributed by atoms with van der Waals surface area (Å²) in [5, 5.41) is 0. The van der Waals surface area contributed by atoms with Crippen molar-refractivity contribution in [2.75, 3.05) is 27.4 Å². The molecule has 0 rings (SSSR count). The Morgan fingerprint density at radius 1 is 0.529 bits per heavy atom. The van der Waals surface area contributed by atoms with E-state index in [1.807, 2.05) is 6.92 Å². The lowest BCUT2D eigenvalue weighted by Crippen LogP contribution is -1.93. The molecule has 2 nitrogen and oxygen atoms in total. The Bertz CT molecular complexity index is 305. The van der Waals surface area contributed by atoms with Crippen molar-refractivity contribution in [2.24, 2.45) is 29.6 Å². The van der Waals surface area contributed by atoms with Gasteiger partial charge in [0.25, 0.3) is 0 Å². The van der Waals surface area contributed by atoms with E-state index in [9.17, 15) is 0 Å². The minimum absolute atomic E-state index is 0.718. The number of rotatable bonds is 13. The maximum Gasteiger partial charge on any atom is 0.0464 e. The Morgan fingerprint density at radius 2 is 0.941 bits per heavy atom. The first-order chi connectivity index (χ1) is 15.9. The zero-order valence-electron chi connectivity index (χ0n) is 26.9. The van der Waals surface area contributed by atoms with Crippen LogP contribution in [0.1, 0.15) is 141 Å². The van der Waals surface area contributed by atoms with Crippen LogP contribution in [0.3, 0.4) is 0 Å². The van der Waals surface area contributed by atoms with E-state index in [0.29, 0.717) is 0 Å². The van der Waals surface area contributed by atoms with Gasteiger partial charge in [0.15, 0.2) is 0 Å². The van der Waals surface area contributed by atoms with Gasteiger partial charge in [-0.2, -0.15) is 0 Å². The molecule has 0 aliphatic rings. The van der Waals surface area contributed by atoms with Crippen molar-refractivity contribution < 1.29 is 9.47 Å². The smallest absolute Gasteiger partial charge is 0.0464 e. The van der Waals surface area contributed by atoms with Crippen molar-refractivity contribution in [1.82, 2.24) is 0 Å². The minimum Gasteiger partial charge on any atom is -0.385 e. The zero-order chi connectivity index (χ0) is 27.8. The van der Waals surface area contributed by atoms with Crippen molar-refractivity contribution in [3.63, 3.8) is 0 Å². The van der Waals surface area contributed by atoms with Crippen molar-refractivity contribution >= 4 is 0 Å². The van der Waals surface area contributed by atoms with Gasteiger partial charge in [0.2, 0.25) is 0 Å². The number of hydrogen-bond acceptors (Lipinski definition) is 2. The van der Waals surface area contributed by atoms with Crippen LogP contribution in [0.15, 0.2) is 12.2 Å². The number of methoxy groups -OCH3 is 2. The Kier molecular flexibility index (Phi) is 51.2. The second kappa shape index (κ2) is 39.9. The van der Waals surface area contributed by atoms with Gasteiger partial charge in [0.05, 0.1) is 0 Å². The molecule has 0 aliphatic carbocycles. The topological polar surface area (TPSA) is 18.5 Å². The lowest BCUT2D eigenvalue weighted by atomic mass is 10.1. The van der Waals surface area contributed by atoms with E-state index in [0.717, 1.165) is 42.8 Å². The summed E-state index contributed by atoms with van der Waals surface area (Å²) in [6.07, 6.45) is 14.8. The lowest BCUT2D eigenvalue weighted by molar-refractivity contribution is 0.183. The van der Waals surface area contributed by atoms with Gasteiger partial charge in [-0.25, -0.2) is 0 Å². The molecule has 0 aliphatic heterocycles. The Hall–Kier alpha value is -0.340. The Morgan fingerprint density at radius 3 is 1.09 bits per heavy atom. The van der Waals surface area contributed by atoms with Gasteiger partial charge in [0, 0.05) is 27.4 Å². The fourth-order valence-corrected chi connectivity index (χ4v) is 2.56. The monoisotopic (exact) mass is 489 g/mol. The SMILES string of the molecule is C/C=C/C(C)C.CCCC(C)C.CCCCC(C)C.COCCC(C)C.COCCCC(C)C. The molecule has 0 saturated heterocycles. The third kappa shape index (κ3) is 85.5. The predicted molar refractivity (Wildman–Crippen MR) is 161 cm³/mol. The minimum atomic E-state index is 0.718. The van der Waals surface area contributed by atoms with Gasteiger partial charge in [-0.3, -0.25) is 0 Å².